The number of carbonyl (C=O) groups excluding carboxylic acids is 1. The van der Waals surface area contributed by atoms with Crippen LogP contribution in [0.15, 0.2) is 77.8 Å². The number of carbonyl (C=O) groups is 1. The molecule has 1 N–H and O–H groups in total. The average molecular weight is 475 g/mol. The summed E-state index contributed by atoms with van der Waals surface area (Å²) in [5.74, 6) is -2.46. The molecule has 0 saturated carbocycles. The summed E-state index contributed by atoms with van der Waals surface area (Å²) in [6.07, 6.45) is 1.33. The number of aromatic nitrogens is 1. The van der Waals surface area contributed by atoms with E-state index >= 15 is 0 Å². The van der Waals surface area contributed by atoms with Gasteiger partial charge in [0.2, 0.25) is 5.91 Å². The van der Waals surface area contributed by atoms with Crippen molar-refractivity contribution in [2.75, 3.05) is 5.32 Å². The second-order valence-electron chi connectivity index (χ2n) is 7.13. The van der Waals surface area contributed by atoms with E-state index in [0.717, 1.165) is 6.07 Å². The van der Waals surface area contributed by atoms with Gasteiger partial charge in [0.15, 0.2) is 9.84 Å². The number of benzene rings is 3. The fourth-order valence-electron chi connectivity index (χ4n) is 3.44. The van der Waals surface area contributed by atoms with Gasteiger partial charge in [0.05, 0.1) is 16.3 Å². The van der Waals surface area contributed by atoms with E-state index in [0.29, 0.717) is 10.9 Å². The Morgan fingerprint density at radius 1 is 0.938 bits per heavy atom. The minimum absolute atomic E-state index is 0.0154. The summed E-state index contributed by atoms with van der Waals surface area (Å²) < 4.78 is 55.8. The Kier molecular flexibility index (Phi) is 5.99. The molecule has 0 atom stereocenters. The first-order valence-electron chi connectivity index (χ1n) is 9.54. The van der Waals surface area contributed by atoms with Crippen molar-refractivity contribution in [2.45, 2.75) is 17.2 Å². The van der Waals surface area contributed by atoms with Gasteiger partial charge in [-0.1, -0.05) is 48.0 Å². The van der Waals surface area contributed by atoms with Crippen molar-refractivity contribution in [3.63, 3.8) is 0 Å². The Hall–Kier alpha value is -3.23. The van der Waals surface area contributed by atoms with Crippen LogP contribution in [0.4, 0.5) is 14.5 Å². The number of nitrogens with zero attached hydrogens (tertiary/aromatic N) is 1. The predicted molar refractivity (Wildman–Crippen MR) is 119 cm³/mol. The van der Waals surface area contributed by atoms with Crippen LogP contribution in [0.2, 0.25) is 5.02 Å². The van der Waals surface area contributed by atoms with Gasteiger partial charge in [-0.25, -0.2) is 17.2 Å². The molecule has 9 heteroatoms. The fourth-order valence-corrected chi connectivity index (χ4v) is 5.37. The lowest BCUT2D eigenvalue weighted by atomic mass is 10.2. The number of halogens is 3. The molecule has 0 aliphatic carbocycles. The molecule has 4 aromatic rings. The van der Waals surface area contributed by atoms with Gasteiger partial charge in [-0.3, -0.25) is 4.79 Å². The lowest BCUT2D eigenvalue weighted by Crippen LogP contribution is -2.19. The summed E-state index contributed by atoms with van der Waals surface area (Å²) in [5.41, 5.74) is 0.397. The van der Waals surface area contributed by atoms with Crippen LogP contribution in [0.25, 0.3) is 10.9 Å². The molecule has 0 bridgehead atoms. The van der Waals surface area contributed by atoms with E-state index < -0.39 is 33.1 Å². The molecule has 32 heavy (non-hydrogen) atoms. The molecular weight excluding hydrogens is 458 g/mol. The summed E-state index contributed by atoms with van der Waals surface area (Å²) in [4.78, 5) is 12.5. The van der Waals surface area contributed by atoms with Crippen LogP contribution in [-0.2, 0) is 26.9 Å². The van der Waals surface area contributed by atoms with Crippen LogP contribution < -0.4 is 5.32 Å². The van der Waals surface area contributed by atoms with E-state index in [2.05, 4.69) is 5.32 Å². The number of fused-ring (bicyclic) bond motifs is 1. The van der Waals surface area contributed by atoms with Crippen molar-refractivity contribution in [1.82, 2.24) is 4.57 Å². The Morgan fingerprint density at radius 2 is 1.62 bits per heavy atom. The van der Waals surface area contributed by atoms with Gasteiger partial charge >= 0.3 is 0 Å². The molecular formula is C23H17ClF2N2O3S. The standard InChI is InChI=1S/C23H17ClF2N2O3S/c24-17-7-5-9-18(25)16(17)14-32(30,31)22-12-28(21-11-4-1-6-15(21)22)13-23(29)27-20-10-3-2-8-19(20)26/h1-12H,13-14H2,(H,27,29). The van der Waals surface area contributed by atoms with Crippen molar-refractivity contribution >= 4 is 43.9 Å². The SMILES string of the molecule is O=C(Cn1cc(S(=O)(=O)Cc2c(F)cccc2Cl)c2ccccc21)Nc1ccccc1F. The summed E-state index contributed by atoms with van der Waals surface area (Å²) in [6.45, 7) is -0.245. The van der Waals surface area contributed by atoms with E-state index in [1.807, 2.05) is 0 Å². The lowest BCUT2D eigenvalue weighted by molar-refractivity contribution is -0.116. The van der Waals surface area contributed by atoms with Crippen molar-refractivity contribution in [2.24, 2.45) is 0 Å². The molecule has 1 heterocycles. The molecule has 4 rings (SSSR count). The highest BCUT2D eigenvalue weighted by atomic mass is 35.5. The van der Waals surface area contributed by atoms with Gasteiger partial charge in [0, 0.05) is 27.7 Å². The number of hydrogen-bond donors (Lipinski definition) is 1. The third kappa shape index (κ3) is 4.37. The molecule has 0 saturated heterocycles. The number of rotatable bonds is 6. The minimum Gasteiger partial charge on any atom is -0.337 e. The zero-order valence-electron chi connectivity index (χ0n) is 16.6. The largest absolute Gasteiger partial charge is 0.337 e. The first kappa shape index (κ1) is 22.0. The van der Waals surface area contributed by atoms with Gasteiger partial charge in [0.25, 0.3) is 0 Å². The maximum atomic E-state index is 14.2. The molecule has 1 aromatic heterocycles. The molecule has 0 radical (unpaired) electrons. The number of hydrogen-bond acceptors (Lipinski definition) is 3. The highest BCUT2D eigenvalue weighted by Crippen LogP contribution is 2.30. The Balaban J connectivity index is 1.68. The van der Waals surface area contributed by atoms with Crippen LogP contribution in [0.1, 0.15) is 5.56 Å². The molecule has 3 aromatic carbocycles. The summed E-state index contributed by atoms with van der Waals surface area (Å²) >= 11 is 6.01. The monoisotopic (exact) mass is 474 g/mol. The molecule has 1 amide bonds. The van der Waals surface area contributed by atoms with Crippen molar-refractivity contribution in [3.05, 3.63) is 95.1 Å². The predicted octanol–water partition coefficient (Wildman–Crippen LogP) is 5.19. The topological polar surface area (TPSA) is 68.2 Å². The third-order valence-electron chi connectivity index (χ3n) is 4.95. The van der Waals surface area contributed by atoms with Gasteiger partial charge in [0.1, 0.15) is 18.2 Å². The highest BCUT2D eigenvalue weighted by molar-refractivity contribution is 7.90. The van der Waals surface area contributed by atoms with Crippen LogP contribution in [-0.4, -0.2) is 18.9 Å². The average Bonchev–Trinajstić information content (AvgIpc) is 3.12. The van der Waals surface area contributed by atoms with Crippen LogP contribution in [0.5, 0.6) is 0 Å². The zero-order chi connectivity index (χ0) is 22.9. The molecule has 0 aliphatic rings. The number of anilines is 1. The van der Waals surface area contributed by atoms with Crippen molar-refractivity contribution < 1.29 is 22.0 Å². The second-order valence-corrected chi connectivity index (χ2v) is 9.49. The molecule has 0 spiro atoms. The summed E-state index contributed by atoms with van der Waals surface area (Å²) in [7, 11) is -4.00. The van der Waals surface area contributed by atoms with Gasteiger partial charge in [-0.2, -0.15) is 0 Å². The third-order valence-corrected chi connectivity index (χ3v) is 6.96. The Labute approximate surface area is 188 Å². The van der Waals surface area contributed by atoms with E-state index in [-0.39, 0.29) is 27.7 Å². The van der Waals surface area contributed by atoms with E-state index in [1.165, 1.54) is 41.1 Å². The Bertz CT molecular complexity index is 1410. The molecule has 5 nitrogen and oxygen atoms in total. The summed E-state index contributed by atoms with van der Waals surface area (Å²) in [6, 6.07) is 16.4. The van der Waals surface area contributed by atoms with Gasteiger partial charge in [-0.15, -0.1) is 0 Å². The van der Waals surface area contributed by atoms with E-state index in [4.69, 9.17) is 11.6 Å². The number of para-hydroxylation sites is 2. The minimum atomic E-state index is -4.00. The van der Waals surface area contributed by atoms with Crippen molar-refractivity contribution in [3.8, 4) is 0 Å². The Morgan fingerprint density at radius 3 is 2.38 bits per heavy atom. The molecule has 0 aliphatic heterocycles. The number of sulfone groups is 1. The normalized spacial score (nSPS) is 11.6. The smallest absolute Gasteiger partial charge is 0.244 e. The number of amides is 1. The van der Waals surface area contributed by atoms with E-state index in [9.17, 15) is 22.0 Å². The van der Waals surface area contributed by atoms with Gasteiger partial charge in [-0.05, 0) is 30.3 Å². The second kappa shape index (κ2) is 8.72. The maximum absolute atomic E-state index is 14.2. The summed E-state index contributed by atoms with van der Waals surface area (Å²) in [5, 5.41) is 2.88. The van der Waals surface area contributed by atoms with Crippen LogP contribution >= 0.6 is 11.6 Å². The lowest BCUT2D eigenvalue weighted by Gasteiger charge is -2.08. The first-order valence-corrected chi connectivity index (χ1v) is 11.6. The molecule has 0 fully saturated rings. The van der Waals surface area contributed by atoms with E-state index in [1.54, 1.807) is 30.3 Å². The van der Waals surface area contributed by atoms with Crippen molar-refractivity contribution in [1.29, 1.82) is 0 Å². The molecule has 164 valence electrons. The zero-order valence-corrected chi connectivity index (χ0v) is 18.1. The molecule has 0 unspecified atom stereocenters. The fraction of sp³-hybridized carbons (Fsp3) is 0.0870. The van der Waals surface area contributed by atoms with Crippen LogP contribution in [0.3, 0.4) is 0 Å². The number of nitrogens with one attached hydrogen (secondary N) is 1. The quantitative estimate of drug-likeness (QED) is 0.418. The highest BCUT2D eigenvalue weighted by Gasteiger charge is 2.25. The first-order chi connectivity index (χ1) is 15.3. The van der Waals surface area contributed by atoms with Gasteiger partial charge < -0.3 is 9.88 Å². The maximum Gasteiger partial charge on any atom is 0.244 e. The van der Waals surface area contributed by atoms with Crippen LogP contribution in [0, 0.1) is 11.6 Å².